The van der Waals surface area contributed by atoms with E-state index in [4.69, 9.17) is 15.0 Å². The topological polar surface area (TPSA) is 43.6 Å². The smallest absolute Gasteiger partial charge is 0.164 e. The van der Waals surface area contributed by atoms with Crippen molar-refractivity contribution in [1.29, 1.82) is 0 Å². The number of fused-ring (bicyclic) bond motifs is 10. The van der Waals surface area contributed by atoms with Crippen molar-refractivity contribution in [2.75, 3.05) is 0 Å². The van der Waals surface area contributed by atoms with E-state index >= 15 is 0 Å². The van der Waals surface area contributed by atoms with Gasteiger partial charge in [0.05, 0.1) is 21.4 Å². The summed E-state index contributed by atoms with van der Waals surface area (Å²) >= 11 is 3.70. The van der Waals surface area contributed by atoms with Crippen LogP contribution in [0.5, 0.6) is 0 Å². The maximum Gasteiger partial charge on any atom is 0.164 e. The summed E-state index contributed by atoms with van der Waals surface area (Å²) < 4.78 is 7.53. The van der Waals surface area contributed by atoms with Gasteiger partial charge in [0.15, 0.2) is 17.5 Å². The molecule has 0 unspecified atom stereocenters. The van der Waals surface area contributed by atoms with Crippen molar-refractivity contribution >= 4 is 84.8 Å². The number of rotatable bonds is 4. The number of para-hydroxylation sites is 1. The van der Waals surface area contributed by atoms with E-state index in [0.29, 0.717) is 17.5 Å². The molecule has 0 spiro atoms. The number of aromatic nitrogens is 4. The van der Waals surface area contributed by atoms with Gasteiger partial charge in [0.1, 0.15) is 0 Å². The number of hydrogen-bond donors (Lipinski definition) is 0. The minimum absolute atomic E-state index is 0.658. The molecule has 11 rings (SSSR count). The molecular formula is C45H26N4S2. The predicted molar refractivity (Wildman–Crippen MR) is 216 cm³/mol. The van der Waals surface area contributed by atoms with E-state index < -0.39 is 0 Å². The Morgan fingerprint density at radius 3 is 1.65 bits per heavy atom. The molecule has 6 heteroatoms. The Morgan fingerprint density at radius 1 is 0.373 bits per heavy atom. The van der Waals surface area contributed by atoms with Gasteiger partial charge in [0.25, 0.3) is 0 Å². The van der Waals surface area contributed by atoms with Gasteiger partial charge >= 0.3 is 0 Å². The summed E-state index contributed by atoms with van der Waals surface area (Å²) in [4.78, 5) is 15.3. The molecule has 0 amide bonds. The van der Waals surface area contributed by atoms with Crippen LogP contribution in [0, 0.1) is 0 Å². The van der Waals surface area contributed by atoms with Crippen molar-refractivity contribution < 1.29 is 0 Å². The quantitative estimate of drug-likeness (QED) is 0.185. The Labute approximate surface area is 300 Å². The zero-order valence-electron chi connectivity index (χ0n) is 27.1. The van der Waals surface area contributed by atoms with Gasteiger partial charge < -0.3 is 4.57 Å². The number of nitrogens with zero attached hydrogens (tertiary/aromatic N) is 4. The molecule has 0 saturated heterocycles. The Balaban J connectivity index is 1.24. The first-order valence-electron chi connectivity index (χ1n) is 17.0. The lowest BCUT2D eigenvalue weighted by molar-refractivity contribution is 1.08. The molecule has 0 N–H and O–H groups in total. The minimum Gasteiger partial charge on any atom is -0.308 e. The third-order valence-electron chi connectivity index (χ3n) is 9.86. The summed E-state index contributed by atoms with van der Waals surface area (Å²) in [6, 6.07) is 55.8. The van der Waals surface area contributed by atoms with Gasteiger partial charge in [-0.25, -0.2) is 15.0 Å². The molecule has 0 bridgehead atoms. The summed E-state index contributed by atoms with van der Waals surface area (Å²) in [5, 5.41) is 7.56. The van der Waals surface area contributed by atoms with Crippen LogP contribution < -0.4 is 0 Å². The van der Waals surface area contributed by atoms with Crippen LogP contribution in [-0.2, 0) is 0 Å². The molecule has 0 aliphatic carbocycles. The molecular weight excluding hydrogens is 661 g/mol. The second-order valence-electron chi connectivity index (χ2n) is 12.8. The molecule has 0 saturated carbocycles. The Kier molecular flexibility index (Phi) is 6.26. The van der Waals surface area contributed by atoms with Crippen molar-refractivity contribution in [3.8, 4) is 39.9 Å². The highest BCUT2D eigenvalue weighted by atomic mass is 32.1. The van der Waals surface area contributed by atoms with Gasteiger partial charge in [-0.1, -0.05) is 115 Å². The van der Waals surface area contributed by atoms with E-state index in [9.17, 15) is 0 Å². The van der Waals surface area contributed by atoms with Crippen molar-refractivity contribution in [2.45, 2.75) is 0 Å². The largest absolute Gasteiger partial charge is 0.308 e. The van der Waals surface area contributed by atoms with Gasteiger partial charge in [-0.05, 0) is 42.5 Å². The van der Waals surface area contributed by atoms with E-state index in [0.717, 1.165) is 27.8 Å². The molecule has 11 aromatic rings. The van der Waals surface area contributed by atoms with Gasteiger partial charge in [0.2, 0.25) is 0 Å². The zero-order valence-corrected chi connectivity index (χ0v) is 28.7. The van der Waals surface area contributed by atoms with E-state index in [1.54, 1.807) is 0 Å². The van der Waals surface area contributed by atoms with Crippen molar-refractivity contribution in [2.24, 2.45) is 0 Å². The van der Waals surface area contributed by atoms with Crippen molar-refractivity contribution in [3.63, 3.8) is 0 Å². The molecule has 0 aliphatic rings. The molecule has 238 valence electrons. The van der Waals surface area contributed by atoms with E-state index in [2.05, 4.69) is 126 Å². The summed E-state index contributed by atoms with van der Waals surface area (Å²) in [6.45, 7) is 0. The Bertz CT molecular complexity index is 3080. The molecule has 0 atom stereocenters. The third kappa shape index (κ3) is 4.34. The molecule has 4 aromatic heterocycles. The SMILES string of the molecule is c1ccc(-c2nc(-c3ccccc3)nc(-c3ccc(-n4c5ccccc5c5c6c(ccc54)sc4ccccc46)c4sc5ccccc5c34)n2)cc1. The fourth-order valence-electron chi connectivity index (χ4n) is 7.64. The third-order valence-corrected chi connectivity index (χ3v) is 12.2. The highest BCUT2D eigenvalue weighted by Gasteiger charge is 2.23. The van der Waals surface area contributed by atoms with Crippen LogP contribution in [0.2, 0.25) is 0 Å². The minimum atomic E-state index is 0.658. The lowest BCUT2D eigenvalue weighted by Gasteiger charge is -2.13. The van der Waals surface area contributed by atoms with E-state index in [1.165, 1.54) is 56.8 Å². The number of hydrogen-bond acceptors (Lipinski definition) is 5. The number of thiophene rings is 2. The normalized spacial score (nSPS) is 11.9. The fourth-order valence-corrected chi connectivity index (χ4v) is 9.99. The van der Waals surface area contributed by atoms with Crippen LogP contribution in [0.25, 0.3) is 102 Å². The standard InChI is InChI=1S/C45H26N4S2/c1-3-13-27(14-4-1)43-46-44(28-15-5-2-6-16-28)48-45(47-43)32-23-24-35(42-39(32)30-18-8-12-22-37(30)51-42)49-33-20-10-7-17-29(33)40-34(49)25-26-38-41(40)31-19-9-11-21-36(31)50-38/h1-26H. The van der Waals surface area contributed by atoms with Crippen LogP contribution >= 0.6 is 22.7 Å². The van der Waals surface area contributed by atoms with Crippen LogP contribution in [0.3, 0.4) is 0 Å². The fraction of sp³-hybridized carbons (Fsp3) is 0. The highest BCUT2D eigenvalue weighted by Crippen LogP contribution is 2.47. The lowest BCUT2D eigenvalue weighted by atomic mass is 10.0. The van der Waals surface area contributed by atoms with E-state index in [1.807, 2.05) is 59.1 Å². The highest BCUT2D eigenvalue weighted by molar-refractivity contribution is 7.26. The molecule has 0 fully saturated rings. The first-order chi connectivity index (χ1) is 25.3. The van der Waals surface area contributed by atoms with Crippen molar-refractivity contribution in [3.05, 3.63) is 158 Å². The average Bonchev–Trinajstić information content (AvgIpc) is 3.88. The summed E-state index contributed by atoms with van der Waals surface area (Å²) in [7, 11) is 0. The summed E-state index contributed by atoms with van der Waals surface area (Å²) in [6.07, 6.45) is 0. The molecule has 4 nitrogen and oxygen atoms in total. The number of benzene rings is 7. The van der Waals surface area contributed by atoms with Crippen LogP contribution in [0.15, 0.2) is 158 Å². The average molecular weight is 687 g/mol. The van der Waals surface area contributed by atoms with Crippen LogP contribution in [0.1, 0.15) is 0 Å². The van der Waals surface area contributed by atoms with Gasteiger partial charge in [-0.15, -0.1) is 22.7 Å². The second kappa shape index (κ2) is 11.2. The second-order valence-corrected chi connectivity index (χ2v) is 14.9. The molecule has 51 heavy (non-hydrogen) atoms. The Morgan fingerprint density at radius 2 is 0.941 bits per heavy atom. The Hall–Kier alpha value is -6.21. The van der Waals surface area contributed by atoms with Gasteiger partial charge in [-0.2, -0.15) is 0 Å². The first kappa shape index (κ1) is 28.6. The summed E-state index contributed by atoms with van der Waals surface area (Å²) in [5.74, 6) is 1.98. The van der Waals surface area contributed by atoms with E-state index in [-0.39, 0.29) is 0 Å². The maximum atomic E-state index is 5.16. The monoisotopic (exact) mass is 686 g/mol. The molecule has 0 radical (unpaired) electrons. The first-order valence-corrected chi connectivity index (χ1v) is 18.6. The van der Waals surface area contributed by atoms with Crippen molar-refractivity contribution in [1.82, 2.24) is 19.5 Å². The maximum absolute atomic E-state index is 5.16. The molecule has 4 heterocycles. The molecule has 7 aromatic carbocycles. The molecule has 0 aliphatic heterocycles. The van der Waals surface area contributed by atoms with Crippen LogP contribution in [0.4, 0.5) is 0 Å². The lowest BCUT2D eigenvalue weighted by Crippen LogP contribution is -2.01. The summed E-state index contributed by atoms with van der Waals surface area (Å²) in [5.41, 5.74) is 6.46. The van der Waals surface area contributed by atoms with Gasteiger partial charge in [-0.3, -0.25) is 0 Å². The van der Waals surface area contributed by atoms with Gasteiger partial charge in [0, 0.05) is 63.1 Å². The zero-order chi connectivity index (χ0) is 33.5. The van der Waals surface area contributed by atoms with Crippen LogP contribution in [-0.4, -0.2) is 19.5 Å². The predicted octanol–water partition coefficient (Wildman–Crippen LogP) is 12.7.